The lowest BCUT2D eigenvalue weighted by molar-refractivity contribution is -0.683. The van der Waals surface area contributed by atoms with Crippen LogP contribution in [-0.2, 0) is 6.54 Å². The summed E-state index contributed by atoms with van der Waals surface area (Å²) in [6.07, 6.45) is -2.00. The highest BCUT2D eigenvalue weighted by Gasteiger charge is 2.52. The molecule has 0 saturated heterocycles. The highest BCUT2D eigenvalue weighted by molar-refractivity contribution is 7.20. The first-order valence-electron chi connectivity index (χ1n) is 22.1. The Morgan fingerprint density at radius 3 is 1.15 bits per heavy atom. The fraction of sp³-hybridized carbons (Fsp3) is 0.0185. The van der Waals surface area contributed by atoms with E-state index in [-0.39, 0.29) is 12.3 Å². The molecule has 4 nitrogen and oxygen atoms in total. The lowest BCUT2D eigenvalue weighted by Gasteiger charge is -2.44. The van der Waals surface area contributed by atoms with E-state index in [1.54, 1.807) is 23.2 Å². The number of benzene rings is 9. The van der Waals surface area contributed by atoms with Crippen LogP contribution in [0.3, 0.4) is 0 Å². The van der Waals surface area contributed by atoms with Crippen LogP contribution in [0.1, 0.15) is 10.4 Å². The number of Topliss-reactive ketones (excluding diaryl/α,β-unsaturated/α-hetero) is 1. The monoisotopic (exact) mass is 1120 g/mol. The van der Waals surface area contributed by atoms with Crippen LogP contribution in [0.25, 0.3) is 32.3 Å². The van der Waals surface area contributed by atoms with Crippen molar-refractivity contribution in [1.82, 2.24) is 4.98 Å². The zero-order valence-corrected chi connectivity index (χ0v) is 38.5. The normalized spacial score (nSPS) is 11.6. The van der Waals surface area contributed by atoms with E-state index in [0.29, 0.717) is 11.4 Å². The topological polar surface area (TPSA) is 43.1 Å². The van der Waals surface area contributed by atoms with Gasteiger partial charge in [0.15, 0.2) is 76.0 Å². The molecule has 0 amide bonds. The minimum Gasteiger partial charge on any atom is -0.433 e. The smallest absolute Gasteiger partial charge is 0.285 e. The molecule has 9 aromatic carbocycles. The number of ketones is 1. The largest absolute Gasteiger partial charge is 0.433 e. The number of carbonyl (C=O) groups excluding carboxylic acids is 1. The van der Waals surface area contributed by atoms with Crippen LogP contribution in [0.5, 0.6) is 11.6 Å². The Morgan fingerprint density at radius 2 is 0.734 bits per heavy atom. The van der Waals surface area contributed by atoms with E-state index >= 15 is 35.1 Å². The van der Waals surface area contributed by atoms with Crippen molar-refractivity contribution in [2.45, 2.75) is 6.54 Å². The molecule has 402 valence electrons. The Balaban J connectivity index is 0.000000198. The summed E-state index contributed by atoms with van der Waals surface area (Å²) < 4.78 is 302. The van der Waals surface area contributed by atoms with Crippen LogP contribution in [0, 0.1) is 116 Å². The fourth-order valence-corrected chi connectivity index (χ4v) is 9.25. The van der Waals surface area contributed by atoms with Gasteiger partial charge in [0.05, 0.1) is 6.20 Å². The summed E-state index contributed by atoms with van der Waals surface area (Å²) in [5.74, 6) is -70.2. The Bertz CT molecular complexity index is 3800. The van der Waals surface area contributed by atoms with E-state index in [9.17, 15) is 57.5 Å². The maximum atomic E-state index is 15.4. The van der Waals surface area contributed by atoms with Gasteiger partial charge < -0.3 is 4.74 Å². The lowest BCUT2D eigenvalue weighted by atomic mass is 9.12. The molecule has 0 bridgehead atoms. The van der Waals surface area contributed by atoms with Gasteiger partial charge in [-0.3, -0.25) is 4.79 Å². The van der Waals surface area contributed by atoms with E-state index in [1.807, 2.05) is 48.5 Å². The summed E-state index contributed by atoms with van der Waals surface area (Å²) >= 11 is 0. The Morgan fingerprint density at radius 1 is 0.392 bits per heavy atom. The van der Waals surface area contributed by atoms with E-state index in [4.69, 9.17) is 4.74 Å². The number of fused-ring (bicyclic) bond motifs is 3. The van der Waals surface area contributed by atoms with E-state index in [1.165, 1.54) is 5.39 Å². The van der Waals surface area contributed by atoms with Crippen molar-refractivity contribution in [1.29, 1.82) is 0 Å². The third-order valence-corrected chi connectivity index (χ3v) is 12.8. The second kappa shape index (κ2) is 20.7. The summed E-state index contributed by atoms with van der Waals surface area (Å²) in [5, 5.41) is 6.59. The summed E-state index contributed by atoms with van der Waals surface area (Å²) in [6.45, 7) is 0.212. The molecule has 0 aliphatic carbocycles. The van der Waals surface area contributed by atoms with Crippen molar-refractivity contribution in [3.8, 4) is 11.6 Å². The summed E-state index contributed by atoms with van der Waals surface area (Å²) in [5.41, 5.74) is -13.6. The summed E-state index contributed by atoms with van der Waals surface area (Å²) in [6, 6.07) is 32.4. The van der Waals surface area contributed by atoms with Gasteiger partial charge in [0.2, 0.25) is 18.5 Å². The molecule has 10 aromatic rings. The molecule has 0 saturated carbocycles. The number of rotatable bonds is 9. The van der Waals surface area contributed by atoms with Crippen molar-refractivity contribution in [2.75, 3.05) is 0 Å². The molecule has 0 aliphatic rings. The molecule has 1 aromatic heterocycles. The fourth-order valence-electron chi connectivity index (χ4n) is 9.25. The van der Waals surface area contributed by atoms with E-state index in [2.05, 4.69) is 53.5 Å². The number of carbonyl (C=O) groups is 1. The van der Waals surface area contributed by atoms with Crippen LogP contribution in [0.15, 0.2) is 116 Å². The SMILES string of the molecule is Fc1c(F)c(F)c([B-](c2c(F)c(F)c(F)c(F)c2F)(c2c(F)c(F)c(F)c(F)c2F)c2c(F)c(F)c(F)c(F)c2F)c(F)c1F.O=C(C[n+]1ccnc(Oc2c3ccccc3cc3cc4ccccc4cc23)c1)c1ccccc1. The van der Waals surface area contributed by atoms with E-state index in [0.717, 1.165) is 32.7 Å². The number of nitrogens with zero attached hydrogens (tertiary/aromatic N) is 2. The van der Waals surface area contributed by atoms with Gasteiger partial charge in [0.25, 0.3) is 5.88 Å². The molecule has 79 heavy (non-hydrogen) atoms. The third-order valence-electron chi connectivity index (χ3n) is 12.8. The number of hydrogen-bond donors (Lipinski definition) is 0. The maximum Gasteiger partial charge on any atom is 0.285 e. The van der Waals surface area contributed by atoms with Gasteiger partial charge in [-0.25, -0.2) is 92.8 Å². The quantitative estimate of drug-likeness (QED) is 0.0275. The molecule has 0 fully saturated rings. The molecule has 0 atom stereocenters. The number of ether oxygens (including phenoxy) is 1. The van der Waals surface area contributed by atoms with Crippen molar-refractivity contribution in [2.24, 2.45) is 0 Å². The van der Waals surface area contributed by atoms with Gasteiger partial charge in [0, 0.05) is 16.3 Å². The lowest BCUT2D eigenvalue weighted by Crippen LogP contribution is -2.81. The van der Waals surface area contributed by atoms with Crippen LogP contribution < -0.4 is 31.2 Å². The zero-order chi connectivity index (χ0) is 57.3. The van der Waals surface area contributed by atoms with Gasteiger partial charge in [-0.15, -0.1) is 21.9 Å². The van der Waals surface area contributed by atoms with Crippen molar-refractivity contribution in [3.63, 3.8) is 0 Å². The Hall–Kier alpha value is -9.03. The first-order valence-corrected chi connectivity index (χ1v) is 22.1. The highest BCUT2D eigenvalue weighted by atomic mass is 19.2. The van der Waals surface area contributed by atoms with Crippen molar-refractivity contribution < 1.29 is 102 Å². The first-order chi connectivity index (χ1) is 37.4. The Kier molecular flexibility index (Phi) is 14.4. The average Bonchev–Trinajstić information content (AvgIpc) is 3.01. The third kappa shape index (κ3) is 8.85. The highest BCUT2D eigenvalue weighted by Crippen LogP contribution is 2.39. The van der Waals surface area contributed by atoms with Crippen molar-refractivity contribution >= 4 is 66.1 Å². The van der Waals surface area contributed by atoms with E-state index < -0.39 is 144 Å². The van der Waals surface area contributed by atoms with Gasteiger partial charge in [-0.2, -0.15) is 4.57 Å². The minimum atomic E-state index is -7.22. The second-order valence-corrected chi connectivity index (χ2v) is 17.1. The molecule has 0 radical (unpaired) electrons. The van der Waals surface area contributed by atoms with Crippen LogP contribution in [0.4, 0.5) is 87.8 Å². The molecular weight excluding hydrogens is 1100 g/mol. The minimum absolute atomic E-state index is 0.0323. The molecular formula is C54H21BF20N2O2. The van der Waals surface area contributed by atoms with Crippen LogP contribution in [0.2, 0.25) is 0 Å². The van der Waals surface area contributed by atoms with Gasteiger partial charge >= 0.3 is 0 Å². The van der Waals surface area contributed by atoms with Gasteiger partial charge in [0.1, 0.15) is 58.4 Å². The molecule has 10 rings (SSSR count). The molecule has 0 unspecified atom stereocenters. The standard InChI is InChI=1S/C30H21N2O2.C24BF20/c33-28(21-8-2-1-3-9-21)19-32-15-14-31-29(20-32)34-30-26-13-7-6-12-24(26)17-25-16-22-10-4-5-11-23(22)18-27(25)30;26-5-1(6(27)14(35)21(42)13(5)34)25(2-7(28)15(36)22(43)16(37)8(2)29,3-9(30)17(38)23(44)18(39)10(3)31)4-11(32)19(40)24(45)20(41)12(4)33/h1-18,20H,19H2;/q+1;-1. The molecule has 25 heteroatoms. The predicted molar refractivity (Wildman–Crippen MR) is 243 cm³/mol. The molecule has 0 spiro atoms. The summed E-state index contributed by atoms with van der Waals surface area (Å²) in [4.78, 5) is 17.1. The van der Waals surface area contributed by atoms with Gasteiger partial charge in [-0.05, 0) is 39.7 Å². The number of halogens is 20. The summed E-state index contributed by atoms with van der Waals surface area (Å²) in [7, 11) is 0. The maximum absolute atomic E-state index is 15.4. The number of aromatic nitrogens is 2. The van der Waals surface area contributed by atoms with Gasteiger partial charge in [-0.1, -0.05) is 78.9 Å². The Labute approximate surface area is 427 Å². The van der Waals surface area contributed by atoms with Crippen LogP contribution >= 0.6 is 0 Å². The predicted octanol–water partition coefficient (Wildman–Crippen LogP) is 12.3. The second-order valence-electron chi connectivity index (χ2n) is 17.1. The zero-order valence-electron chi connectivity index (χ0n) is 38.5. The first kappa shape index (κ1) is 54.8. The van der Waals surface area contributed by atoms with Crippen molar-refractivity contribution in [3.05, 3.63) is 238 Å². The molecule has 1 heterocycles. The molecule has 0 aliphatic heterocycles. The van der Waals surface area contributed by atoms with Crippen LogP contribution in [-0.4, -0.2) is 16.9 Å². The average molecular weight is 1120 g/mol. The molecule has 0 N–H and O–H groups in total. The number of hydrogen-bond acceptors (Lipinski definition) is 3.